The van der Waals surface area contributed by atoms with E-state index in [0.717, 1.165) is 14.0 Å². The van der Waals surface area contributed by atoms with Gasteiger partial charge in [0.2, 0.25) is 0 Å². The molecule has 12 heavy (non-hydrogen) atoms. The highest BCUT2D eigenvalue weighted by molar-refractivity contribution is 14.1. The Bertz CT molecular complexity index is 314. The summed E-state index contributed by atoms with van der Waals surface area (Å²) in [5.41, 5.74) is 0.921. The van der Waals surface area contributed by atoms with E-state index in [-0.39, 0.29) is 5.78 Å². The Morgan fingerprint density at radius 3 is 2.83 bits per heavy atom. The molecule has 0 saturated heterocycles. The van der Waals surface area contributed by atoms with Crippen LogP contribution >= 0.6 is 33.9 Å². The lowest BCUT2D eigenvalue weighted by molar-refractivity contribution is 0.0996. The maximum atomic E-state index is 11.5. The predicted molar refractivity (Wildman–Crippen MR) is 60.8 cm³/mol. The third kappa shape index (κ3) is 2.42. The number of thiophene rings is 1. The average Bonchev–Trinajstić information content (AvgIpc) is 2.33. The summed E-state index contributed by atoms with van der Waals surface area (Å²) in [5.74, 6) is 0.182. The number of allylic oxidation sites excluding steroid dienone is 1. The Kier molecular flexibility index (Phi) is 3.46. The van der Waals surface area contributed by atoms with Gasteiger partial charge in [-0.2, -0.15) is 0 Å². The van der Waals surface area contributed by atoms with Crippen LogP contribution in [0.4, 0.5) is 0 Å². The Morgan fingerprint density at radius 2 is 2.42 bits per heavy atom. The predicted octanol–water partition coefficient (Wildman–Crippen LogP) is 3.50. The molecule has 0 unspecified atom stereocenters. The molecule has 64 valence electrons. The first-order valence-electron chi connectivity index (χ1n) is 3.52. The van der Waals surface area contributed by atoms with E-state index in [9.17, 15) is 4.79 Å². The highest BCUT2D eigenvalue weighted by Gasteiger charge is 2.10. The molecule has 0 aliphatic heterocycles. The van der Waals surface area contributed by atoms with Gasteiger partial charge in [-0.05, 0) is 41.0 Å². The minimum atomic E-state index is 0.182. The number of ketones is 1. The van der Waals surface area contributed by atoms with Crippen molar-refractivity contribution in [3.05, 3.63) is 32.0 Å². The summed E-state index contributed by atoms with van der Waals surface area (Å²) < 4.78 is 1.05. The summed E-state index contributed by atoms with van der Waals surface area (Å²) in [4.78, 5) is 12.3. The molecular formula is C9H9IOS. The van der Waals surface area contributed by atoms with Crippen molar-refractivity contribution >= 4 is 39.7 Å². The van der Waals surface area contributed by atoms with E-state index in [0.29, 0.717) is 6.42 Å². The summed E-state index contributed by atoms with van der Waals surface area (Å²) in [6, 6.07) is 1.96. The van der Waals surface area contributed by atoms with Crippen molar-refractivity contribution in [3.8, 4) is 0 Å². The fourth-order valence-electron chi connectivity index (χ4n) is 0.847. The Balaban J connectivity index is 2.78. The van der Waals surface area contributed by atoms with Crippen LogP contribution < -0.4 is 0 Å². The van der Waals surface area contributed by atoms with Crippen LogP contribution in [0.15, 0.2) is 23.6 Å². The molecule has 0 bridgehead atoms. The summed E-state index contributed by atoms with van der Waals surface area (Å²) in [5, 5.41) is 1.94. The zero-order chi connectivity index (χ0) is 9.14. The van der Waals surface area contributed by atoms with Gasteiger partial charge < -0.3 is 0 Å². The maximum Gasteiger partial charge on any atom is 0.177 e. The summed E-state index contributed by atoms with van der Waals surface area (Å²) in [7, 11) is 0. The van der Waals surface area contributed by atoms with Gasteiger partial charge in [0.1, 0.15) is 0 Å². The van der Waals surface area contributed by atoms with Crippen molar-refractivity contribution in [2.24, 2.45) is 0 Å². The van der Waals surface area contributed by atoms with Gasteiger partial charge in [-0.25, -0.2) is 0 Å². The zero-order valence-electron chi connectivity index (χ0n) is 6.76. The van der Waals surface area contributed by atoms with Crippen LogP contribution in [-0.2, 0) is 0 Å². The molecule has 0 N–H and O–H groups in total. The fourth-order valence-corrected chi connectivity index (χ4v) is 2.68. The third-order valence-electron chi connectivity index (χ3n) is 1.33. The van der Waals surface area contributed by atoms with Gasteiger partial charge in [-0.15, -0.1) is 11.3 Å². The first-order chi connectivity index (χ1) is 5.61. The largest absolute Gasteiger partial charge is 0.293 e. The first-order valence-corrected chi connectivity index (χ1v) is 5.47. The van der Waals surface area contributed by atoms with Crippen molar-refractivity contribution in [1.29, 1.82) is 0 Å². The molecule has 0 aromatic carbocycles. The standard InChI is InChI=1S/C9H9IOS/c1-6(2)5-8(11)9-7(10)3-4-12-9/h3-4H,1,5H2,2H3. The van der Waals surface area contributed by atoms with Crippen LogP contribution in [0.5, 0.6) is 0 Å². The zero-order valence-corrected chi connectivity index (χ0v) is 9.74. The van der Waals surface area contributed by atoms with E-state index < -0.39 is 0 Å². The topological polar surface area (TPSA) is 17.1 Å². The molecule has 1 aromatic heterocycles. The third-order valence-corrected chi connectivity index (χ3v) is 3.55. The molecule has 0 aliphatic rings. The van der Waals surface area contributed by atoms with Crippen molar-refractivity contribution in [2.45, 2.75) is 13.3 Å². The monoisotopic (exact) mass is 292 g/mol. The average molecular weight is 292 g/mol. The molecule has 0 fully saturated rings. The maximum absolute atomic E-state index is 11.5. The molecule has 1 nitrogen and oxygen atoms in total. The van der Waals surface area contributed by atoms with Crippen LogP contribution in [-0.4, -0.2) is 5.78 Å². The second-order valence-corrected chi connectivity index (χ2v) is 4.73. The molecule has 0 spiro atoms. The quantitative estimate of drug-likeness (QED) is 0.473. The summed E-state index contributed by atoms with van der Waals surface area (Å²) >= 11 is 3.68. The van der Waals surface area contributed by atoms with E-state index in [1.165, 1.54) is 11.3 Å². The molecule has 0 aliphatic carbocycles. The number of halogens is 1. The van der Waals surface area contributed by atoms with E-state index in [1.54, 1.807) is 0 Å². The van der Waals surface area contributed by atoms with Gasteiger partial charge >= 0.3 is 0 Å². The van der Waals surface area contributed by atoms with Crippen LogP contribution in [0.2, 0.25) is 0 Å². The number of carbonyl (C=O) groups is 1. The summed E-state index contributed by atoms with van der Waals surface area (Å²) in [6.45, 7) is 5.59. The fraction of sp³-hybridized carbons (Fsp3) is 0.222. The molecule has 0 saturated carbocycles. The highest BCUT2D eigenvalue weighted by Crippen LogP contribution is 2.21. The van der Waals surface area contributed by atoms with Gasteiger partial charge in [0.25, 0.3) is 0 Å². The van der Waals surface area contributed by atoms with Gasteiger partial charge in [0, 0.05) is 9.99 Å². The summed E-state index contributed by atoms with van der Waals surface area (Å²) in [6.07, 6.45) is 0.469. The van der Waals surface area contributed by atoms with E-state index in [4.69, 9.17) is 0 Å². The van der Waals surface area contributed by atoms with Gasteiger partial charge in [-0.1, -0.05) is 12.2 Å². The van der Waals surface area contributed by atoms with Crippen molar-refractivity contribution in [3.63, 3.8) is 0 Å². The minimum absolute atomic E-state index is 0.182. The van der Waals surface area contributed by atoms with Crippen LogP contribution in [0.1, 0.15) is 23.0 Å². The Labute approximate surface area is 89.6 Å². The minimum Gasteiger partial charge on any atom is -0.293 e. The number of rotatable bonds is 3. The van der Waals surface area contributed by atoms with Crippen molar-refractivity contribution in [1.82, 2.24) is 0 Å². The molecule has 3 heteroatoms. The number of Topliss-reactive ketones (excluding diaryl/α,β-unsaturated/α-hetero) is 1. The number of hydrogen-bond donors (Lipinski definition) is 0. The smallest absolute Gasteiger partial charge is 0.177 e. The van der Waals surface area contributed by atoms with Gasteiger partial charge in [0.15, 0.2) is 5.78 Å². The van der Waals surface area contributed by atoms with Crippen molar-refractivity contribution < 1.29 is 4.79 Å². The molecule has 1 rings (SSSR count). The molecular weight excluding hydrogens is 283 g/mol. The SMILES string of the molecule is C=C(C)CC(=O)c1sccc1I. The molecule has 0 amide bonds. The lowest BCUT2D eigenvalue weighted by atomic mass is 10.1. The molecule has 0 radical (unpaired) electrons. The Hall–Kier alpha value is -0.160. The number of hydrogen-bond acceptors (Lipinski definition) is 2. The van der Waals surface area contributed by atoms with E-state index in [2.05, 4.69) is 29.2 Å². The van der Waals surface area contributed by atoms with Gasteiger partial charge in [0.05, 0.1) is 4.88 Å². The van der Waals surface area contributed by atoms with Crippen LogP contribution in [0, 0.1) is 3.57 Å². The highest BCUT2D eigenvalue weighted by atomic mass is 127. The van der Waals surface area contributed by atoms with E-state index in [1.807, 2.05) is 18.4 Å². The molecule has 1 aromatic rings. The number of carbonyl (C=O) groups excluding carboxylic acids is 1. The van der Waals surface area contributed by atoms with Crippen molar-refractivity contribution in [2.75, 3.05) is 0 Å². The normalized spacial score (nSPS) is 9.83. The first kappa shape index (κ1) is 9.92. The van der Waals surface area contributed by atoms with Gasteiger partial charge in [-0.3, -0.25) is 4.79 Å². The van der Waals surface area contributed by atoms with E-state index >= 15 is 0 Å². The molecule has 0 atom stereocenters. The lowest BCUT2D eigenvalue weighted by Crippen LogP contribution is -1.97. The second-order valence-electron chi connectivity index (χ2n) is 2.65. The Morgan fingerprint density at radius 1 is 1.75 bits per heavy atom. The van der Waals surface area contributed by atoms with Crippen LogP contribution in [0.25, 0.3) is 0 Å². The lowest BCUT2D eigenvalue weighted by Gasteiger charge is -1.96. The molecule has 1 heterocycles. The second kappa shape index (κ2) is 4.18. The van der Waals surface area contributed by atoms with Crippen LogP contribution in [0.3, 0.4) is 0 Å².